The Morgan fingerprint density at radius 2 is 2.33 bits per heavy atom. The van der Waals surface area contributed by atoms with E-state index in [4.69, 9.17) is 7.57 Å². The molecule has 2 radical (unpaired) electrons. The maximum atomic E-state index is 5.36. The molecular weight excluding hydrogens is 91.8 g/mol. The van der Waals surface area contributed by atoms with Crippen LogP contribution in [0.1, 0.15) is 6.92 Å². The van der Waals surface area contributed by atoms with Gasteiger partial charge < -0.3 is 5.09 Å². The lowest BCUT2D eigenvalue weighted by molar-refractivity contribution is 1.03. The molecule has 1 nitrogen and oxygen atoms in total. The minimum atomic E-state index is -0.351. The fourth-order valence-electron chi connectivity index (χ4n) is 0.249. The maximum absolute atomic E-state index is 5.36. The van der Waals surface area contributed by atoms with E-state index in [-0.39, 0.29) is 7.95 Å². The van der Waals surface area contributed by atoms with Crippen LogP contribution in [0.4, 0.5) is 0 Å². The molecule has 0 spiro atoms. The second-order valence-corrected chi connectivity index (χ2v) is 2.66. The maximum Gasteiger partial charge on any atom is 0.129 e. The van der Waals surface area contributed by atoms with Crippen molar-refractivity contribution in [3.05, 3.63) is 0 Å². The minimum absolute atomic E-state index is 0.351. The van der Waals surface area contributed by atoms with Crippen molar-refractivity contribution < 1.29 is 0 Å². The summed E-state index contributed by atoms with van der Waals surface area (Å²) in [5, 5.41) is 3.05. The van der Waals surface area contributed by atoms with Crippen molar-refractivity contribution >= 4 is 15.5 Å². The van der Waals surface area contributed by atoms with E-state index in [1.165, 1.54) is 0 Å². The highest BCUT2D eigenvalue weighted by Crippen LogP contribution is 2.13. The van der Waals surface area contributed by atoms with Crippen molar-refractivity contribution in [3.63, 3.8) is 0 Å². The van der Waals surface area contributed by atoms with Gasteiger partial charge in [-0.15, -0.1) is 0 Å². The van der Waals surface area contributed by atoms with Crippen LogP contribution < -0.4 is 5.09 Å². The van der Waals surface area contributed by atoms with Crippen LogP contribution in [0.25, 0.3) is 0 Å². The summed E-state index contributed by atoms with van der Waals surface area (Å²) in [6, 6.07) is 0. The highest BCUT2D eigenvalue weighted by Gasteiger charge is 1.80. The first-order valence-electron chi connectivity index (χ1n) is 1.99. The Hall–Kier alpha value is 0.455. The standard InChI is InChI=1S/C3H9BNP/c1-3-5-6(2)4/h5H,3H2,1-2H3. The van der Waals surface area contributed by atoms with Crippen molar-refractivity contribution in [2.45, 2.75) is 6.92 Å². The minimum Gasteiger partial charge on any atom is -0.305 e. The molecule has 0 rings (SSSR count). The average molecular weight is 101 g/mol. The largest absolute Gasteiger partial charge is 0.305 e. The third kappa shape index (κ3) is 4.45. The molecule has 1 atom stereocenters. The summed E-state index contributed by atoms with van der Waals surface area (Å²) in [5.41, 5.74) is 0. The average Bonchev–Trinajstić information content (AvgIpc) is 1.35. The van der Waals surface area contributed by atoms with Gasteiger partial charge in [0.15, 0.2) is 0 Å². The predicted molar refractivity (Wildman–Crippen MR) is 32.3 cm³/mol. The lowest BCUT2D eigenvalue weighted by Crippen LogP contribution is -2.02. The van der Waals surface area contributed by atoms with Crippen LogP contribution >= 0.6 is 7.95 Å². The number of rotatable bonds is 2. The molecule has 0 aromatic heterocycles. The zero-order valence-electron chi connectivity index (χ0n) is 4.23. The molecule has 0 saturated heterocycles. The molecule has 0 fully saturated rings. The summed E-state index contributed by atoms with van der Waals surface area (Å²) >= 11 is 0. The molecule has 34 valence electrons. The quantitative estimate of drug-likeness (QED) is 0.398. The van der Waals surface area contributed by atoms with Crippen molar-refractivity contribution in [1.82, 2.24) is 5.09 Å². The first-order chi connectivity index (χ1) is 2.77. The lowest BCUT2D eigenvalue weighted by Gasteiger charge is -2.02. The summed E-state index contributed by atoms with van der Waals surface area (Å²) in [4.78, 5) is 0. The van der Waals surface area contributed by atoms with Gasteiger partial charge in [0.1, 0.15) is 7.57 Å². The molecule has 3 heteroatoms. The SMILES string of the molecule is [B]P(C)NCC. The highest BCUT2D eigenvalue weighted by molar-refractivity contribution is 7.79. The summed E-state index contributed by atoms with van der Waals surface area (Å²) in [6.07, 6.45) is 0. The molecule has 0 aromatic rings. The Kier molecular flexibility index (Phi) is 3.91. The fourth-order valence-corrected chi connectivity index (χ4v) is 0.748. The van der Waals surface area contributed by atoms with Crippen molar-refractivity contribution in [3.8, 4) is 0 Å². The zero-order valence-corrected chi connectivity index (χ0v) is 5.13. The van der Waals surface area contributed by atoms with Crippen LogP contribution in [-0.2, 0) is 0 Å². The summed E-state index contributed by atoms with van der Waals surface area (Å²) in [6.45, 7) is 5.02. The van der Waals surface area contributed by atoms with E-state index in [0.717, 1.165) is 6.54 Å². The van der Waals surface area contributed by atoms with Crippen molar-refractivity contribution in [2.75, 3.05) is 13.2 Å². The number of hydrogen-bond acceptors (Lipinski definition) is 1. The van der Waals surface area contributed by atoms with Gasteiger partial charge in [-0.2, -0.15) is 0 Å². The molecule has 1 unspecified atom stereocenters. The normalized spacial score (nSPS) is 14.3. The number of hydrogen-bond donors (Lipinski definition) is 1. The molecule has 1 N–H and O–H groups in total. The third-order valence-electron chi connectivity index (χ3n) is 0.408. The predicted octanol–water partition coefficient (Wildman–Crippen LogP) is 0.706. The Balaban J connectivity index is 2.63. The Morgan fingerprint density at radius 1 is 1.83 bits per heavy atom. The number of nitrogens with one attached hydrogen (secondary N) is 1. The van der Waals surface area contributed by atoms with Gasteiger partial charge in [-0.05, 0) is 13.2 Å². The van der Waals surface area contributed by atoms with Gasteiger partial charge in [0.25, 0.3) is 0 Å². The highest BCUT2D eigenvalue weighted by atomic mass is 31.1. The molecular formula is C3H9BNP. The molecule has 0 heterocycles. The fraction of sp³-hybridized carbons (Fsp3) is 1.00. The van der Waals surface area contributed by atoms with Crippen LogP contribution in [-0.4, -0.2) is 20.8 Å². The Bertz CT molecular complexity index is 32.0. The first-order valence-corrected chi connectivity index (χ1v) is 3.85. The Morgan fingerprint density at radius 3 is 2.33 bits per heavy atom. The third-order valence-corrected chi connectivity index (χ3v) is 1.22. The van der Waals surface area contributed by atoms with Gasteiger partial charge in [-0.3, -0.25) is 0 Å². The molecule has 0 aliphatic rings. The van der Waals surface area contributed by atoms with E-state index in [2.05, 4.69) is 5.09 Å². The van der Waals surface area contributed by atoms with Crippen LogP contribution in [0.3, 0.4) is 0 Å². The molecule has 0 aliphatic heterocycles. The van der Waals surface area contributed by atoms with E-state index in [1.54, 1.807) is 0 Å². The summed E-state index contributed by atoms with van der Waals surface area (Å²) < 4.78 is 0. The summed E-state index contributed by atoms with van der Waals surface area (Å²) in [5.74, 6) is 0. The molecule has 6 heavy (non-hydrogen) atoms. The van der Waals surface area contributed by atoms with E-state index in [9.17, 15) is 0 Å². The van der Waals surface area contributed by atoms with Crippen molar-refractivity contribution in [2.24, 2.45) is 0 Å². The monoisotopic (exact) mass is 101 g/mol. The van der Waals surface area contributed by atoms with Crippen LogP contribution in [0, 0.1) is 0 Å². The van der Waals surface area contributed by atoms with E-state index in [1.807, 2.05) is 13.6 Å². The molecule has 0 aliphatic carbocycles. The molecule has 0 saturated carbocycles. The topological polar surface area (TPSA) is 12.0 Å². The molecule has 0 amide bonds. The van der Waals surface area contributed by atoms with Crippen LogP contribution in [0.15, 0.2) is 0 Å². The second kappa shape index (κ2) is 3.64. The van der Waals surface area contributed by atoms with E-state index < -0.39 is 0 Å². The van der Waals surface area contributed by atoms with Crippen LogP contribution in [0.5, 0.6) is 0 Å². The summed E-state index contributed by atoms with van der Waals surface area (Å²) in [7, 11) is 5.01. The smallest absolute Gasteiger partial charge is 0.129 e. The van der Waals surface area contributed by atoms with E-state index >= 15 is 0 Å². The van der Waals surface area contributed by atoms with Crippen LogP contribution in [0.2, 0.25) is 0 Å². The molecule has 0 bridgehead atoms. The van der Waals surface area contributed by atoms with Crippen molar-refractivity contribution in [1.29, 1.82) is 0 Å². The van der Waals surface area contributed by atoms with Gasteiger partial charge in [0, 0.05) is 0 Å². The van der Waals surface area contributed by atoms with Gasteiger partial charge in [-0.25, -0.2) is 0 Å². The van der Waals surface area contributed by atoms with Gasteiger partial charge >= 0.3 is 0 Å². The lowest BCUT2D eigenvalue weighted by atomic mass is 10.8. The van der Waals surface area contributed by atoms with E-state index in [0.29, 0.717) is 0 Å². The molecule has 0 aromatic carbocycles. The second-order valence-electron chi connectivity index (χ2n) is 1.12. The van der Waals surface area contributed by atoms with Gasteiger partial charge in [0.05, 0.1) is 0 Å². The van der Waals surface area contributed by atoms with Gasteiger partial charge in [0.2, 0.25) is 0 Å². The zero-order chi connectivity index (χ0) is 4.99. The Labute approximate surface area is 41.7 Å². The first kappa shape index (κ1) is 6.45. The van der Waals surface area contributed by atoms with Gasteiger partial charge in [-0.1, -0.05) is 14.9 Å².